The molecule has 3 aromatic carbocycles. The topological polar surface area (TPSA) is 97.7 Å². The zero-order chi connectivity index (χ0) is 39.1. The van der Waals surface area contributed by atoms with Crippen LogP contribution < -0.4 is 29.4 Å². The Morgan fingerprint density at radius 3 is 1.85 bits per heavy atom. The first-order chi connectivity index (χ1) is 25.6. The number of aryl methyl sites for hydroxylation is 2. The molecule has 0 saturated heterocycles. The molecule has 0 aromatic heterocycles. The molecule has 0 unspecified atom stereocenters. The predicted molar refractivity (Wildman–Crippen MR) is 224 cm³/mol. The van der Waals surface area contributed by atoms with Crippen LogP contribution in [-0.4, -0.2) is 69.6 Å². The van der Waals surface area contributed by atoms with E-state index in [1.807, 2.05) is 24.3 Å². The molecule has 2 aliphatic rings. The largest absolute Gasteiger partial charge is 0.508 e. The number of anilines is 3. The van der Waals surface area contributed by atoms with Crippen molar-refractivity contribution in [1.82, 2.24) is 9.56 Å². The van der Waals surface area contributed by atoms with Crippen LogP contribution in [0.1, 0.15) is 66.5 Å². The second-order valence-electron chi connectivity index (χ2n) is 12.6. The van der Waals surface area contributed by atoms with Gasteiger partial charge in [0, 0.05) is 80.1 Å². The van der Waals surface area contributed by atoms with Crippen LogP contribution in [0.5, 0.6) is 11.5 Å². The summed E-state index contributed by atoms with van der Waals surface area (Å²) in [6, 6.07) is 21.4. The summed E-state index contributed by atoms with van der Waals surface area (Å²) in [5.41, 5.74) is 8.79. The van der Waals surface area contributed by atoms with Crippen molar-refractivity contribution >= 4 is 33.8 Å². The molecule has 0 bridgehead atoms. The molecule has 3 aromatic rings. The fourth-order valence-electron chi connectivity index (χ4n) is 6.48. The predicted octanol–water partition coefficient (Wildman–Crippen LogP) is 9.39. The van der Waals surface area contributed by atoms with Crippen molar-refractivity contribution in [3.05, 3.63) is 88.1 Å². The highest BCUT2D eigenvalue weighted by Crippen LogP contribution is 2.32. The van der Waals surface area contributed by atoms with E-state index in [1.165, 1.54) is 29.3 Å². The summed E-state index contributed by atoms with van der Waals surface area (Å²) in [6.45, 7) is 29.0. The summed E-state index contributed by atoms with van der Waals surface area (Å²) in [5.74, 6) is 1.71. The molecule has 0 atom stereocenters. The smallest absolute Gasteiger partial charge is 0.206 e. The van der Waals surface area contributed by atoms with Crippen molar-refractivity contribution in [2.24, 2.45) is 5.18 Å². The molecular weight excluding hydrogens is 665 g/mol. The molecule has 0 saturated carbocycles. The van der Waals surface area contributed by atoms with Gasteiger partial charge in [0.05, 0.1) is 13.2 Å². The fourth-order valence-corrected chi connectivity index (χ4v) is 6.48. The van der Waals surface area contributed by atoms with Crippen molar-refractivity contribution in [1.29, 1.82) is 0 Å². The quantitative estimate of drug-likeness (QED) is 0.0729. The summed E-state index contributed by atoms with van der Waals surface area (Å²) in [6.07, 6.45) is 0. The minimum absolute atomic E-state index is 0.340. The lowest BCUT2D eigenvalue weighted by Crippen LogP contribution is -2.31. The number of benzene rings is 4. The number of rotatable bonds is 13. The van der Waals surface area contributed by atoms with Crippen molar-refractivity contribution in [2.45, 2.75) is 69.2 Å². The van der Waals surface area contributed by atoms with Gasteiger partial charge in [-0.1, -0.05) is 6.07 Å². The van der Waals surface area contributed by atoms with Gasteiger partial charge in [-0.15, -0.1) is 4.91 Å². The van der Waals surface area contributed by atoms with Gasteiger partial charge in [0.2, 0.25) is 5.36 Å². The summed E-state index contributed by atoms with van der Waals surface area (Å²) < 4.78 is 13.7. The van der Waals surface area contributed by atoms with Crippen LogP contribution in [-0.2, 0) is 0 Å². The van der Waals surface area contributed by atoms with Gasteiger partial charge in [0.25, 0.3) is 0 Å². The Bertz CT molecular complexity index is 1940. The van der Waals surface area contributed by atoms with Crippen LogP contribution in [0.3, 0.4) is 0 Å². The van der Waals surface area contributed by atoms with E-state index in [9.17, 15) is 10.0 Å². The average molecular weight is 726 g/mol. The third kappa shape index (κ3) is 10.7. The zero-order valence-electron chi connectivity index (χ0n) is 33.9. The van der Waals surface area contributed by atoms with Gasteiger partial charge in [-0.2, -0.15) is 0 Å². The number of hydrogen-bond donors (Lipinski definition) is 1. The highest BCUT2D eigenvalue weighted by atomic mass is 16.5. The summed E-state index contributed by atoms with van der Waals surface area (Å²) >= 11 is 0. The molecule has 0 fully saturated rings. The SMILES string of the molecule is CCN(CC)c1cc(O)ccc1C.CCN(CC)c1ccc(N=O)c(OC)c1.CCN(CC)c1ccc2nc3cc(C)c(=[N+](CC)CC)cc-3oc2c1. The molecule has 0 amide bonds. The van der Waals surface area contributed by atoms with Gasteiger partial charge in [-0.3, -0.25) is 0 Å². The molecule has 1 N–H and O–H groups in total. The highest BCUT2D eigenvalue weighted by Gasteiger charge is 2.15. The number of methoxy groups -OCH3 is 1. The van der Waals surface area contributed by atoms with Gasteiger partial charge >= 0.3 is 0 Å². The molecule has 286 valence electrons. The lowest BCUT2D eigenvalue weighted by Gasteiger charge is -2.23. The normalized spacial score (nSPS) is 10.5. The molecular formula is C43H61N6O4+. The van der Waals surface area contributed by atoms with E-state index in [-0.39, 0.29) is 0 Å². The molecule has 1 aliphatic heterocycles. The minimum atomic E-state index is 0.340. The van der Waals surface area contributed by atoms with Gasteiger partial charge in [-0.25, -0.2) is 9.56 Å². The number of nitroso groups, excluding NO2 is 1. The summed E-state index contributed by atoms with van der Waals surface area (Å²) in [7, 11) is 1.54. The van der Waals surface area contributed by atoms with Gasteiger partial charge in [-0.05, 0) is 116 Å². The number of phenolic OH excluding ortho intramolecular Hbond substituents is 1. The maximum absolute atomic E-state index is 10.5. The number of aromatic hydroxyl groups is 1. The van der Waals surface area contributed by atoms with Gasteiger partial charge < -0.3 is 29.0 Å². The lowest BCUT2D eigenvalue weighted by atomic mass is 10.1. The van der Waals surface area contributed by atoms with E-state index in [4.69, 9.17) is 14.1 Å². The molecule has 53 heavy (non-hydrogen) atoms. The standard InChI is InChI=1S/C21H28N3O.C11H16N2O2.C11H17NO/c1-6-23(7-2)16-10-11-17-20(13-16)25-21-14-19(24(8-3)9-4)15(5)12-18(21)22-17;1-4-13(5-2)9-6-7-10(12-14)11(8-9)15-3;1-4-12(5-2)11-8-10(13)7-6-9(11)3/h10-14H,6-9H2,1-5H3;6-8H,4-5H2,1-3H3;6-8,13H,4-5H2,1-3H3/q+1;;. The van der Waals surface area contributed by atoms with E-state index in [1.54, 1.807) is 12.1 Å². The van der Waals surface area contributed by atoms with Gasteiger partial charge in [0.1, 0.15) is 41.5 Å². The zero-order valence-corrected chi connectivity index (χ0v) is 33.9. The Morgan fingerprint density at radius 1 is 0.717 bits per heavy atom. The average Bonchev–Trinajstić information content (AvgIpc) is 3.18. The monoisotopic (exact) mass is 725 g/mol. The number of fused-ring (bicyclic) bond motifs is 2. The molecule has 0 spiro atoms. The maximum atomic E-state index is 10.5. The van der Waals surface area contributed by atoms with E-state index in [0.29, 0.717) is 17.2 Å². The third-order valence-corrected chi connectivity index (χ3v) is 9.60. The Balaban J connectivity index is 0.000000232. The molecule has 1 heterocycles. The second-order valence-corrected chi connectivity index (χ2v) is 12.6. The number of ether oxygens (including phenoxy) is 1. The first kappa shape index (κ1) is 42.3. The maximum Gasteiger partial charge on any atom is 0.206 e. The Labute approximate surface area is 316 Å². The lowest BCUT2D eigenvalue weighted by molar-refractivity contribution is 0.416. The molecule has 0 radical (unpaired) electrons. The van der Waals surface area contributed by atoms with Crippen LogP contribution in [0.2, 0.25) is 0 Å². The third-order valence-electron chi connectivity index (χ3n) is 9.60. The Morgan fingerprint density at radius 2 is 1.30 bits per heavy atom. The summed E-state index contributed by atoms with van der Waals surface area (Å²) in [4.78, 5) is 22.0. The van der Waals surface area contributed by atoms with Crippen molar-refractivity contribution in [2.75, 3.05) is 74.2 Å². The number of phenols is 1. The molecule has 5 rings (SSSR count). The van der Waals surface area contributed by atoms with Crippen LogP contribution in [0.25, 0.3) is 22.6 Å². The van der Waals surface area contributed by atoms with Crippen molar-refractivity contribution in [3.8, 4) is 23.0 Å². The Hall–Kier alpha value is -5.12. The molecule has 1 aliphatic carbocycles. The summed E-state index contributed by atoms with van der Waals surface area (Å²) in [5, 5.41) is 13.5. The van der Waals surface area contributed by atoms with E-state index >= 15 is 0 Å². The van der Waals surface area contributed by atoms with Crippen molar-refractivity contribution in [3.63, 3.8) is 0 Å². The van der Waals surface area contributed by atoms with E-state index in [2.05, 4.69) is 124 Å². The van der Waals surface area contributed by atoms with Crippen molar-refractivity contribution < 1.29 is 14.3 Å². The van der Waals surface area contributed by atoms with Crippen LogP contribution >= 0.6 is 0 Å². The van der Waals surface area contributed by atoms with Crippen LogP contribution in [0, 0.1) is 18.8 Å². The first-order valence-corrected chi connectivity index (χ1v) is 19.0. The van der Waals surface area contributed by atoms with Gasteiger partial charge in [0.15, 0.2) is 11.3 Å². The fraction of sp³-hybridized carbons (Fsp3) is 0.442. The molecule has 10 nitrogen and oxygen atoms in total. The molecule has 10 heteroatoms. The van der Waals surface area contributed by atoms with E-state index in [0.717, 1.165) is 86.3 Å². The number of nitrogens with zero attached hydrogens (tertiary/aromatic N) is 6. The number of hydrogen-bond acceptors (Lipinski definition) is 9. The van der Waals surface area contributed by atoms with E-state index < -0.39 is 0 Å². The number of aromatic nitrogens is 1. The first-order valence-electron chi connectivity index (χ1n) is 19.0. The van der Waals surface area contributed by atoms with Crippen LogP contribution in [0.4, 0.5) is 22.7 Å². The van der Waals surface area contributed by atoms with Crippen LogP contribution in [0.15, 0.2) is 76.3 Å². The highest BCUT2D eigenvalue weighted by molar-refractivity contribution is 5.80. The minimum Gasteiger partial charge on any atom is -0.508 e. The Kier molecular flexibility index (Phi) is 16.6. The second kappa shape index (κ2) is 20.8.